The second-order valence-corrected chi connectivity index (χ2v) is 9.80. The molecule has 0 atom stereocenters. The Morgan fingerprint density at radius 2 is 2.05 bits per heavy atom. The lowest BCUT2D eigenvalue weighted by Crippen LogP contribution is -2.38. The van der Waals surface area contributed by atoms with E-state index >= 15 is 0 Å². The number of sulfonamides is 1. The van der Waals surface area contributed by atoms with Gasteiger partial charge in [0.1, 0.15) is 4.21 Å². The summed E-state index contributed by atoms with van der Waals surface area (Å²) in [6.45, 7) is 4.22. The summed E-state index contributed by atoms with van der Waals surface area (Å²) < 4.78 is 28.1. The predicted molar refractivity (Wildman–Crippen MR) is 94.0 cm³/mol. The van der Waals surface area contributed by atoms with E-state index in [9.17, 15) is 8.42 Å². The summed E-state index contributed by atoms with van der Waals surface area (Å²) >= 11 is 4.71. The Kier molecular flexibility index (Phi) is 7.63. The highest BCUT2D eigenvalue weighted by Crippen LogP contribution is 2.33. The molecule has 0 saturated carbocycles. The van der Waals surface area contributed by atoms with Crippen LogP contribution in [0.25, 0.3) is 0 Å². The minimum atomic E-state index is -3.30. The van der Waals surface area contributed by atoms with Gasteiger partial charge < -0.3 is 5.32 Å². The van der Waals surface area contributed by atoms with E-state index in [1.807, 2.05) is 14.0 Å². The molecular weight excluding hydrogens is 396 g/mol. The van der Waals surface area contributed by atoms with Crippen molar-refractivity contribution in [3.63, 3.8) is 0 Å². The average Bonchev–Trinajstić information content (AvgIpc) is 2.77. The van der Waals surface area contributed by atoms with Crippen molar-refractivity contribution in [3.05, 3.63) is 15.4 Å². The summed E-state index contributed by atoms with van der Waals surface area (Å²) in [5, 5.41) is 3.16. The predicted octanol–water partition coefficient (Wildman–Crippen LogP) is 3.25. The molecule has 1 N–H and O–H groups in total. The number of halogens is 2. The highest BCUT2D eigenvalue weighted by molar-refractivity contribution is 9.11. The van der Waals surface area contributed by atoms with E-state index in [-0.39, 0.29) is 12.4 Å². The molecule has 8 heteroatoms. The third-order valence-electron chi connectivity index (χ3n) is 3.80. The van der Waals surface area contributed by atoms with Gasteiger partial charge in [0.05, 0.1) is 3.79 Å². The Morgan fingerprint density at radius 3 is 2.52 bits per heavy atom. The number of hydrogen-bond acceptors (Lipinski definition) is 4. The van der Waals surface area contributed by atoms with Gasteiger partial charge in [-0.25, -0.2) is 8.42 Å². The molecule has 1 aromatic heterocycles. The first kappa shape index (κ1) is 19.4. The molecule has 0 aliphatic carbocycles. The quantitative estimate of drug-likeness (QED) is 0.800. The average molecular weight is 418 g/mol. The summed E-state index contributed by atoms with van der Waals surface area (Å²) in [6.07, 6.45) is 3.06. The molecule has 21 heavy (non-hydrogen) atoms. The maximum absolute atomic E-state index is 12.6. The van der Waals surface area contributed by atoms with Crippen LogP contribution in [0.15, 0.2) is 14.1 Å². The van der Waals surface area contributed by atoms with Crippen LogP contribution in [0.1, 0.15) is 24.8 Å². The van der Waals surface area contributed by atoms with Gasteiger partial charge >= 0.3 is 0 Å². The number of thiophene rings is 1. The van der Waals surface area contributed by atoms with E-state index in [1.165, 1.54) is 11.3 Å². The van der Waals surface area contributed by atoms with E-state index in [0.29, 0.717) is 23.2 Å². The summed E-state index contributed by atoms with van der Waals surface area (Å²) in [5.74, 6) is 0.644. The highest BCUT2D eigenvalue weighted by atomic mass is 79.9. The fourth-order valence-corrected chi connectivity index (χ4v) is 6.32. The van der Waals surface area contributed by atoms with E-state index < -0.39 is 10.0 Å². The highest BCUT2D eigenvalue weighted by Gasteiger charge is 2.30. The molecule has 0 amide bonds. The smallest absolute Gasteiger partial charge is 0.252 e. The van der Waals surface area contributed by atoms with Crippen molar-refractivity contribution in [3.8, 4) is 0 Å². The zero-order valence-electron chi connectivity index (χ0n) is 12.3. The van der Waals surface area contributed by atoms with Crippen molar-refractivity contribution < 1.29 is 8.42 Å². The van der Waals surface area contributed by atoms with Crippen molar-refractivity contribution in [1.29, 1.82) is 0 Å². The fraction of sp³-hybridized carbons (Fsp3) is 0.692. The van der Waals surface area contributed by atoms with Gasteiger partial charge in [0, 0.05) is 13.1 Å². The Labute approximate surface area is 145 Å². The van der Waals surface area contributed by atoms with Crippen molar-refractivity contribution in [2.75, 3.05) is 26.7 Å². The minimum Gasteiger partial charge on any atom is -0.320 e. The first-order chi connectivity index (χ1) is 9.45. The maximum atomic E-state index is 12.6. The maximum Gasteiger partial charge on any atom is 0.252 e. The van der Waals surface area contributed by atoms with Crippen LogP contribution in [0.4, 0.5) is 0 Å². The van der Waals surface area contributed by atoms with Crippen molar-refractivity contribution in [2.24, 2.45) is 5.92 Å². The van der Waals surface area contributed by atoms with Gasteiger partial charge in [-0.1, -0.05) is 0 Å². The Morgan fingerprint density at radius 1 is 1.43 bits per heavy atom. The lowest BCUT2D eigenvalue weighted by molar-refractivity contribution is 0.263. The summed E-state index contributed by atoms with van der Waals surface area (Å²) in [7, 11) is -1.35. The van der Waals surface area contributed by atoms with Crippen LogP contribution in [0.3, 0.4) is 0 Å². The third-order valence-corrected chi connectivity index (χ3v) is 8.29. The normalized spacial score (nSPS) is 17.7. The van der Waals surface area contributed by atoms with E-state index in [1.54, 1.807) is 10.4 Å². The number of rotatable bonds is 5. The first-order valence-corrected chi connectivity index (χ1v) is 9.90. The molecule has 0 unspecified atom stereocenters. The summed E-state index contributed by atoms with van der Waals surface area (Å²) in [6, 6.07) is 1.76. The molecule has 0 bridgehead atoms. The van der Waals surface area contributed by atoms with Crippen molar-refractivity contribution in [2.45, 2.75) is 30.4 Å². The van der Waals surface area contributed by atoms with Gasteiger partial charge in [-0.05, 0) is 73.3 Å². The summed E-state index contributed by atoms with van der Waals surface area (Å²) in [5.41, 5.74) is 0.984. The molecule has 1 aromatic rings. The van der Waals surface area contributed by atoms with Crippen molar-refractivity contribution >= 4 is 49.7 Å². The Bertz CT molecular complexity index is 535. The number of hydrogen-bond donors (Lipinski definition) is 1. The zero-order valence-corrected chi connectivity index (χ0v) is 16.3. The van der Waals surface area contributed by atoms with Gasteiger partial charge in [0.25, 0.3) is 10.0 Å². The van der Waals surface area contributed by atoms with Gasteiger partial charge in [0.15, 0.2) is 0 Å². The van der Waals surface area contributed by atoms with Crippen LogP contribution >= 0.6 is 39.7 Å². The minimum absolute atomic E-state index is 0. The van der Waals surface area contributed by atoms with E-state index in [2.05, 4.69) is 21.2 Å². The third kappa shape index (κ3) is 4.65. The molecule has 0 aromatic carbocycles. The summed E-state index contributed by atoms with van der Waals surface area (Å²) in [4.78, 5) is 0. The fourth-order valence-electron chi connectivity index (χ4n) is 2.47. The first-order valence-electron chi connectivity index (χ1n) is 6.86. The van der Waals surface area contributed by atoms with Crippen LogP contribution in [0.2, 0.25) is 0 Å². The molecule has 122 valence electrons. The monoisotopic (exact) mass is 416 g/mol. The van der Waals surface area contributed by atoms with Crippen LogP contribution < -0.4 is 5.32 Å². The molecule has 1 aliphatic rings. The lowest BCUT2D eigenvalue weighted by atomic mass is 9.95. The van der Waals surface area contributed by atoms with E-state index in [0.717, 1.165) is 35.2 Å². The van der Waals surface area contributed by atoms with Gasteiger partial charge in [-0.3, -0.25) is 0 Å². The number of nitrogens with zero attached hydrogens (tertiary/aromatic N) is 1. The molecule has 2 rings (SSSR count). The molecule has 2 heterocycles. The topological polar surface area (TPSA) is 49.4 Å². The second kappa shape index (κ2) is 8.26. The zero-order chi connectivity index (χ0) is 14.8. The number of piperidine rings is 1. The largest absolute Gasteiger partial charge is 0.320 e. The molecule has 0 spiro atoms. The van der Waals surface area contributed by atoms with Crippen LogP contribution in [0, 0.1) is 12.8 Å². The van der Waals surface area contributed by atoms with Crippen molar-refractivity contribution in [1.82, 2.24) is 9.62 Å². The Hall–Kier alpha value is 0.340. The van der Waals surface area contributed by atoms with Gasteiger partial charge in [-0.2, -0.15) is 4.31 Å². The van der Waals surface area contributed by atoms with Gasteiger partial charge in [-0.15, -0.1) is 23.7 Å². The molecular formula is C13H22BrClN2O2S2. The van der Waals surface area contributed by atoms with Crippen LogP contribution in [-0.4, -0.2) is 39.4 Å². The SMILES string of the molecule is CNCCC1CCN(S(=O)(=O)c2cc(C)c(Br)s2)CC1.Cl. The van der Waals surface area contributed by atoms with Crippen LogP contribution in [-0.2, 0) is 10.0 Å². The van der Waals surface area contributed by atoms with Gasteiger partial charge in [0.2, 0.25) is 0 Å². The molecule has 4 nitrogen and oxygen atoms in total. The lowest BCUT2D eigenvalue weighted by Gasteiger charge is -2.30. The molecule has 1 saturated heterocycles. The standard InChI is InChI=1S/C13H21BrN2O2S2.ClH/c1-10-9-12(19-13(10)14)20(17,18)16-7-4-11(5-8-16)3-6-15-2;/h9,11,15H,3-8H2,1-2H3;1H. The molecule has 1 fully saturated rings. The second-order valence-electron chi connectivity index (χ2n) is 5.26. The van der Waals surface area contributed by atoms with Crippen LogP contribution in [0.5, 0.6) is 0 Å². The Balaban J connectivity index is 0.00000220. The number of aryl methyl sites for hydroxylation is 1. The number of nitrogens with one attached hydrogen (secondary N) is 1. The van der Waals surface area contributed by atoms with E-state index in [4.69, 9.17) is 0 Å². The molecule has 0 radical (unpaired) electrons. The molecule has 1 aliphatic heterocycles.